The molecule has 1 N–H and O–H groups in total. The molecular formula is C17H27NO2. The van der Waals surface area contributed by atoms with Crippen LogP contribution in [-0.2, 0) is 11.3 Å². The van der Waals surface area contributed by atoms with Gasteiger partial charge in [-0.05, 0) is 43.4 Å². The minimum Gasteiger partial charge on any atom is -0.494 e. The number of hydrogen-bond donors (Lipinski definition) is 1. The molecule has 0 radical (unpaired) electrons. The Morgan fingerprint density at radius 2 is 2.30 bits per heavy atom. The summed E-state index contributed by atoms with van der Waals surface area (Å²) >= 11 is 0. The maximum absolute atomic E-state index is 5.83. The fourth-order valence-electron chi connectivity index (χ4n) is 2.44. The number of rotatable bonds is 8. The summed E-state index contributed by atoms with van der Waals surface area (Å²) in [5.74, 6) is 0.973. The van der Waals surface area contributed by atoms with Crippen LogP contribution in [0.3, 0.4) is 0 Å². The van der Waals surface area contributed by atoms with Crippen molar-refractivity contribution in [2.45, 2.75) is 58.2 Å². The Labute approximate surface area is 122 Å². The van der Waals surface area contributed by atoms with Crippen molar-refractivity contribution in [3.05, 3.63) is 29.8 Å². The first kappa shape index (κ1) is 15.3. The van der Waals surface area contributed by atoms with Gasteiger partial charge in [0.25, 0.3) is 0 Å². The molecule has 1 atom stereocenters. The average molecular weight is 277 g/mol. The van der Waals surface area contributed by atoms with Crippen molar-refractivity contribution in [2.24, 2.45) is 0 Å². The van der Waals surface area contributed by atoms with Crippen LogP contribution in [0.5, 0.6) is 5.75 Å². The maximum atomic E-state index is 5.83. The normalized spacial score (nSPS) is 18.6. The van der Waals surface area contributed by atoms with Crippen LogP contribution in [0.4, 0.5) is 0 Å². The summed E-state index contributed by atoms with van der Waals surface area (Å²) in [4.78, 5) is 0. The van der Waals surface area contributed by atoms with Crippen molar-refractivity contribution in [3.8, 4) is 5.75 Å². The van der Waals surface area contributed by atoms with E-state index >= 15 is 0 Å². The molecule has 112 valence electrons. The molecule has 3 nitrogen and oxygen atoms in total. The van der Waals surface area contributed by atoms with Crippen LogP contribution in [0.15, 0.2) is 24.3 Å². The lowest BCUT2D eigenvalue weighted by Crippen LogP contribution is -2.21. The first-order valence-electron chi connectivity index (χ1n) is 7.81. The third-order valence-corrected chi connectivity index (χ3v) is 3.58. The minimum absolute atomic E-state index is 0.472. The summed E-state index contributed by atoms with van der Waals surface area (Å²) in [5, 5.41) is 3.42. The molecule has 0 saturated carbocycles. The quantitative estimate of drug-likeness (QED) is 0.737. The van der Waals surface area contributed by atoms with Gasteiger partial charge in [-0.25, -0.2) is 0 Å². The number of nitrogens with one attached hydrogen (secondary N) is 1. The molecule has 0 amide bonds. The number of hydrogen-bond acceptors (Lipinski definition) is 3. The molecule has 1 saturated heterocycles. The Morgan fingerprint density at radius 1 is 1.40 bits per heavy atom. The van der Waals surface area contributed by atoms with Gasteiger partial charge in [0, 0.05) is 19.2 Å². The van der Waals surface area contributed by atoms with Crippen molar-refractivity contribution in [1.82, 2.24) is 5.32 Å². The SMILES string of the molecule is CC(C)NCc1cccc(OCCCC2CCCO2)c1. The molecule has 1 aliphatic rings. The van der Waals surface area contributed by atoms with Crippen LogP contribution in [0.25, 0.3) is 0 Å². The predicted octanol–water partition coefficient (Wildman–Crippen LogP) is 3.52. The summed E-state index contributed by atoms with van der Waals surface area (Å²) < 4.78 is 11.4. The second-order valence-electron chi connectivity index (χ2n) is 5.81. The summed E-state index contributed by atoms with van der Waals surface area (Å²) in [6, 6.07) is 8.86. The Bertz CT molecular complexity index is 386. The maximum Gasteiger partial charge on any atom is 0.119 e. The van der Waals surface area contributed by atoms with E-state index in [-0.39, 0.29) is 0 Å². The van der Waals surface area contributed by atoms with Crippen LogP contribution in [0.2, 0.25) is 0 Å². The zero-order valence-electron chi connectivity index (χ0n) is 12.7. The van der Waals surface area contributed by atoms with Crippen LogP contribution < -0.4 is 10.1 Å². The highest BCUT2D eigenvalue weighted by molar-refractivity contribution is 5.28. The van der Waals surface area contributed by atoms with Crippen LogP contribution in [0, 0.1) is 0 Å². The van der Waals surface area contributed by atoms with Crippen molar-refractivity contribution >= 4 is 0 Å². The highest BCUT2D eigenvalue weighted by atomic mass is 16.5. The highest BCUT2D eigenvalue weighted by Crippen LogP contribution is 2.18. The lowest BCUT2D eigenvalue weighted by molar-refractivity contribution is 0.0981. The van der Waals surface area contributed by atoms with Gasteiger partial charge < -0.3 is 14.8 Å². The lowest BCUT2D eigenvalue weighted by Gasteiger charge is -2.12. The molecule has 1 unspecified atom stereocenters. The van der Waals surface area contributed by atoms with E-state index in [1.807, 2.05) is 6.07 Å². The molecule has 1 aliphatic heterocycles. The molecule has 1 aromatic rings. The minimum atomic E-state index is 0.472. The van der Waals surface area contributed by atoms with E-state index in [9.17, 15) is 0 Å². The molecular weight excluding hydrogens is 250 g/mol. The standard InChI is InChI=1S/C17H27NO2/c1-14(2)18-13-15-6-3-7-17(12-15)20-11-5-9-16-8-4-10-19-16/h3,6-7,12,14,16,18H,4-5,8-11,13H2,1-2H3. The first-order chi connectivity index (χ1) is 9.74. The average Bonchev–Trinajstić information content (AvgIpc) is 2.95. The van der Waals surface area contributed by atoms with Crippen molar-refractivity contribution in [2.75, 3.05) is 13.2 Å². The molecule has 2 rings (SSSR count). The zero-order valence-corrected chi connectivity index (χ0v) is 12.7. The first-order valence-corrected chi connectivity index (χ1v) is 7.81. The second kappa shape index (κ2) is 8.28. The molecule has 1 aromatic carbocycles. The fraction of sp³-hybridized carbons (Fsp3) is 0.647. The van der Waals surface area contributed by atoms with E-state index in [0.717, 1.165) is 38.3 Å². The van der Waals surface area contributed by atoms with Gasteiger partial charge in [-0.15, -0.1) is 0 Å². The lowest BCUT2D eigenvalue weighted by atomic mass is 10.1. The predicted molar refractivity (Wildman–Crippen MR) is 82.1 cm³/mol. The molecule has 1 heterocycles. The number of ether oxygens (including phenoxy) is 2. The van der Waals surface area contributed by atoms with E-state index in [1.165, 1.54) is 18.4 Å². The monoisotopic (exact) mass is 277 g/mol. The topological polar surface area (TPSA) is 30.5 Å². The third kappa shape index (κ3) is 5.51. The molecule has 20 heavy (non-hydrogen) atoms. The van der Waals surface area contributed by atoms with Gasteiger partial charge in [0.1, 0.15) is 5.75 Å². The van der Waals surface area contributed by atoms with E-state index in [2.05, 4.69) is 37.4 Å². The molecule has 3 heteroatoms. The number of benzene rings is 1. The fourth-order valence-corrected chi connectivity index (χ4v) is 2.44. The summed E-state index contributed by atoms with van der Waals surface area (Å²) in [6.45, 7) is 6.93. The Morgan fingerprint density at radius 3 is 3.05 bits per heavy atom. The van der Waals surface area contributed by atoms with Gasteiger partial charge in [0.2, 0.25) is 0 Å². The van der Waals surface area contributed by atoms with Crippen molar-refractivity contribution < 1.29 is 9.47 Å². The molecule has 0 bridgehead atoms. The highest BCUT2D eigenvalue weighted by Gasteiger charge is 2.14. The van der Waals surface area contributed by atoms with E-state index < -0.39 is 0 Å². The molecule has 0 spiro atoms. The van der Waals surface area contributed by atoms with Gasteiger partial charge in [0.05, 0.1) is 12.7 Å². The van der Waals surface area contributed by atoms with E-state index in [1.54, 1.807) is 0 Å². The summed E-state index contributed by atoms with van der Waals surface area (Å²) in [5.41, 5.74) is 1.27. The summed E-state index contributed by atoms with van der Waals surface area (Å²) in [7, 11) is 0. The second-order valence-corrected chi connectivity index (χ2v) is 5.81. The van der Waals surface area contributed by atoms with Crippen LogP contribution >= 0.6 is 0 Å². The third-order valence-electron chi connectivity index (χ3n) is 3.58. The summed E-state index contributed by atoms with van der Waals surface area (Å²) in [6.07, 6.45) is 5.10. The van der Waals surface area contributed by atoms with Gasteiger partial charge in [-0.1, -0.05) is 26.0 Å². The Hall–Kier alpha value is -1.06. The molecule has 0 aliphatic carbocycles. The Kier molecular flexibility index (Phi) is 6.34. The molecule has 1 fully saturated rings. The smallest absolute Gasteiger partial charge is 0.119 e. The van der Waals surface area contributed by atoms with E-state index in [0.29, 0.717) is 12.1 Å². The van der Waals surface area contributed by atoms with Gasteiger partial charge in [0.15, 0.2) is 0 Å². The van der Waals surface area contributed by atoms with Gasteiger partial charge in [-0.2, -0.15) is 0 Å². The zero-order chi connectivity index (χ0) is 14.2. The van der Waals surface area contributed by atoms with Crippen LogP contribution in [0.1, 0.15) is 45.1 Å². The molecule has 0 aromatic heterocycles. The van der Waals surface area contributed by atoms with Crippen molar-refractivity contribution in [1.29, 1.82) is 0 Å². The Balaban J connectivity index is 1.67. The largest absolute Gasteiger partial charge is 0.494 e. The van der Waals surface area contributed by atoms with Crippen molar-refractivity contribution in [3.63, 3.8) is 0 Å². The van der Waals surface area contributed by atoms with Gasteiger partial charge >= 0.3 is 0 Å². The van der Waals surface area contributed by atoms with Gasteiger partial charge in [-0.3, -0.25) is 0 Å². The van der Waals surface area contributed by atoms with E-state index in [4.69, 9.17) is 9.47 Å². The van der Waals surface area contributed by atoms with Crippen LogP contribution in [-0.4, -0.2) is 25.4 Å².